The van der Waals surface area contributed by atoms with Gasteiger partial charge in [-0.2, -0.15) is 0 Å². The first-order valence-corrected chi connectivity index (χ1v) is 9.21. The van der Waals surface area contributed by atoms with Gasteiger partial charge in [0.1, 0.15) is 9.20 Å². The number of nitrogens with two attached hydrogens (primary N) is 1. The van der Waals surface area contributed by atoms with Gasteiger partial charge in [-0.05, 0) is 25.0 Å². The third kappa shape index (κ3) is 4.23. The molecule has 0 aliphatic heterocycles. The number of ether oxygens (including phenoxy) is 1. The van der Waals surface area contributed by atoms with E-state index in [-0.39, 0.29) is 15.7 Å². The Labute approximate surface area is 128 Å². The highest BCUT2D eigenvalue weighted by atomic mass is 32.2. The minimum absolute atomic E-state index is 0.209. The predicted octanol–water partition coefficient (Wildman–Crippen LogP) is 1.62. The molecule has 0 saturated heterocycles. The van der Waals surface area contributed by atoms with E-state index in [1.54, 1.807) is 6.07 Å². The number of hydrogen-bond acceptors (Lipinski definition) is 5. The lowest BCUT2D eigenvalue weighted by molar-refractivity contribution is 0.0626. The molecule has 2 rings (SSSR count). The summed E-state index contributed by atoms with van der Waals surface area (Å²) in [5, 5.41) is 0. The smallest absolute Gasteiger partial charge is 0.250 e. The molecule has 0 amide bonds. The van der Waals surface area contributed by atoms with Gasteiger partial charge in [0, 0.05) is 6.54 Å². The maximum atomic E-state index is 12.0. The van der Waals surface area contributed by atoms with E-state index >= 15 is 0 Å². The number of thiocarbonyl (C=S) groups is 1. The Morgan fingerprint density at radius 1 is 1.45 bits per heavy atom. The van der Waals surface area contributed by atoms with Crippen molar-refractivity contribution in [1.82, 2.24) is 4.72 Å². The molecule has 20 heavy (non-hydrogen) atoms. The first-order valence-electron chi connectivity index (χ1n) is 6.50. The normalized spacial score (nSPS) is 16.6. The number of sulfonamides is 1. The van der Waals surface area contributed by atoms with Gasteiger partial charge in [0.25, 0.3) is 0 Å². The van der Waals surface area contributed by atoms with Crippen molar-refractivity contribution < 1.29 is 13.2 Å². The summed E-state index contributed by atoms with van der Waals surface area (Å²) in [6, 6.07) is 3.13. The second-order valence-corrected chi connectivity index (χ2v) is 8.18. The first-order chi connectivity index (χ1) is 9.49. The molecule has 5 nitrogen and oxygen atoms in total. The maximum Gasteiger partial charge on any atom is 0.250 e. The van der Waals surface area contributed by atoms with Crippen LogP contribution >= 0.6 is 23.6 Å². The third-order valence-electron chi connectivity index (χ3n) is 3.14. The standard InChI is InChI=1S/C12H18N2O3S3/c13-12(18)10-5-6-11(19-10)20(15,16)14-7-8-17-9-3-1-2-4-9/h5-6,9,14H,1-4,7-8H2,(H2,13,18). The van der Waals surface area contributed by atoms with Crippen LogP contribution in [-0.2, 0) is 14.8 Å². The molecule has 0 radical (unpaired) electrons. The van der Waals surface area contributed by atoms with Crippen molar-refractivity contribution in [3.63, 3.8) is 0 Å². The molecule has 1 fully saturated rings. The van der Waals surface area contributed by atoms with Crippen LogP contribution < -0.4 is 10.5 Å². The van der Waals surface area contributed by atoms with E-state index in [1.807, 2.05) is 0 Å². The number of hydrogen-bond donors (Lipinski definition) is 2. The topological polar surface area (TPSA) is 81.4 Å². The van der Waals surface area contributed by atoms with Gasteiger partial charge >= 0.3 is 0 Å². The fraction of sp³-hybridized carbons (Fsp3) is 0.583. The molecule has 1 aliphatic carbocycles. The fourth-order valence-corrected chi connectivity index (χ4v) is 4.53. The van der Waals surface area contributed by atoms with Gasteiger partial charge < -0.3 is 10.5 Å². The number of thiophene rings is 1. The summed E-state index contributed by atoms with van der Waals surface area (Å²) in [7, 11) is -3.50. The van der Waals surface area contributed by atoms with Gasteiger partial charge in [0.2, 0.25) is 10.0 Å². The third-order valence-corrected chi connectivity index (χ3v) is 6.56. The molecule has 1 aromatic rings. The van der Waals surface area contributed by atoms with Crippen LogP contribution in [0.15, 0.2) is 16.3 Å². The monoisotopic (exact) mass is 334 g/mol. The number of rotatable bonds is 7. The van der Waals surface area contributed by atoms with E-state index in [1.165, 1.54) is 18.9 Å². The van der Waals surface area contributed by atoms with Gasteiger partial charge in [-0.25, -0.2) is 13.1 Å². The van der Waals surface area contributed by atoms with Crippen molar-refractivity contribution in [3.05, 3.63) is 17.0 Å². The molecule has 0 aromatic carbocycles. The summed E-state index contributed by atoms with van der Waals surface area (Å²) in [5.74, 6) is 0. The summed E-state index contributed by atoms with van der Waals surface area (Å²) < 4.78 is 32.4. The molecule has 1 aliphatic rings. The van der Waals surface area contributed by atoms with Crippen molar-refractivity contribution in [2.24, 2.45) is 5.73 Å². The lowest BCUT2D eigenvalue weighted by atomic mass is 10.3. The Balaban J connectivity index is 1.82. The lowest BCUT2D eigenvalue weighted by Crippen LogP contribution is -2.28. The lowest BCUT2D eigenvalue weighted by Gasteiger charge is -2.11. The Morgan fingerprint density at radius 3 is 2.75 bits per heavy atom. The molecule has 112 valence electrons. The Hall–Kier alpha value is -0.540. The van der Waals surface area contributed by atoms with Crippen molar-refractivity contribution >= 4 is 38.6 Å². The second kappa shape index (κ2) is 6.95. The predicted molar refractivity (Wildman–Crippen MR) is 83.6 cm³/mol. The average Bonchev–Trinajstić information content (AvgIpc) is 3.05. The van der Waals surface area contributed by atoms with Crippen molar-refractivity contribution in [3.8, 4) is 0 Å². The van der Waals surface area contributed by atoms with Crippen LogP contribution in [0.3, 0.4) is 0 Å². The van der Waals surface area contributed by atoms with Crippen LogP contribution in [0.25, 0.3) is 0 Å². The quantitative estimate of drug-likeness (QED) is 0.585. The second-order valence-electron chi connectivity index (χ2n) is 4.66. The Bertz CT molecular complexity index is 562. The zero-order valence-corrected chi connectivity index (χ0v) is 13.5. The largest absolute Gasteiger partial charge is 0.389 e. The SMILES string of the molecule is NC(=S)c1ccc(S(=O)(=O)NCCOC2CCCC2)s1. The molecular weight excluding hydrogens is 316 g/mol. The molecular formula is C12H18N2O3S3. The summed E-state index contributed by atoms with van der Waals surface area (Å²) in [6.07, 6.45) is 4.85. The molecule has 0 atom stereocenters. The van der Waals surface area contributed by atoms with E-state index in [0.717, 1.165) is 24.2 Å². The highest BCUT2D eigenvalue weighted by Crippen LogP contribution is 2.22. The van der Waals surface area contributed by atoms with Crippen LogP contribution in [0.1, 0.15) is 30.6 Å². The Morgan fingerprint density at radius 2 is 2.15 bits per heavy atom. The average molecular weight is 334 g/mol. The van der Waals surface area contributed by atoms with Gasteiger partial charge in [0.15, 0.2) is 0 Å². The van der Waals surface area contributed by atoms with Gasteiger partial charge in [-0.1, -0.05) is 25.1 Å². The van der Waals surface area contributed by atoms with E-state index in [9.17, 15) is 8.42 Å². The molecule has 1 heterocycles. The molecule has 0 bridgehead atoms. The summed E-state index contributed by atoms with van der Waals surface area (Å²) in [5.41, 5.74) is 5.47. The van der Waals surface area contributed by atoms with Crippen molar-refractivity contribution in [2.75, 3.05) is 13.2 Å². The van der Waals surface area contributed by atoms with E-state index < -0.39 is 10.0 Å². The zero-order chi connectivity index (χ0) is 14.6. The molecule has 3 N–H and O–H groups in total. The van der Waals surface area contributed by atoms with Crippen LogP contribution in [0.5, 0.6) is 0 Å². The van der Waals surface area contributed by atoms with E-state index in [4.69, 9.17) is 22.7 Å². The summed E-state index contributed by atoms with van der Waals surface area (Å²) in [6.45, 7) is 0.677. The summed E-state index contributed by atoms with van der Waals surface area (Å²) >= 11 is 5.89. The molecule has 0 unspecified atom stereocenters. The van der Waals surface area contributed by atoms with Gasteiger partial charge in [-0.15, -0.1) is 11.3 Å². The van der Waals surface area contributed by atoms with E-state index in [2.05, 4.69) is 4.72 Å². The summed E-state index contributed by atoms with van der Waals surface area (Å²) in [4.78, 5) is 0.809. The van der Waals surface area contributed by atoms with Crippen LogP contribution in [0.2, 0.25) is 0 Å². The van der Waals surface area contributed by atoms with Crippen molar-refractivity contribution in [2.45, 2.75) is 36.0 Å². The van der Waals surface area contributed by atoms with Gasteiger partial charge in [0.05, 0.1) is 17.6 Å². The minimum Gasteiger partial charge on any atom is -0.389 e. The number of nitrogens with one attached hydrogen (secondary N) is 1. The highest BCUT2D eigenvalue weighted by molar-refractivity contribution is 7.91. The van der Waals surface area contributed by atoms with E-state index in [0.29, 0.717) is 17.6 Å². The van der Waals surface area contributed by atoms with Crippen LogP contribution in [-0.4, -0.2) is 32.7 Å². The zero-order valence-electron chi connectivity index (χ0n) is 11.0. The Kier molecular flexibility index (Phi) is 5.50. The molecule has 0 spiro atoms. The molecule has 1 aromatic heterocycles. The maximum absolute atomic E-state index is 12.0. The van der Waals surface area contributed by atoms with Crippen LogP contribution in [0, 0.1) is 0 Å². The molecule has 1 saturated carbocycles. The minimum atomic E-state index is -3.50. The highest BCUT2D eigenvalue weighted by Gasteiger charge is 2.18. The molecule has 8 heteroatoms. The van der Waals surface area contributed by atoms with Crippen molar-refractivity contribution in [1.29, 1.82) is 0 Å². The first kappa shape index (κ1) is 15.8. The van der Waals surface area contributed by atoms with Crippen LogP contribution in [0.4, 0.5) is 0 Å². The fourth-order valence-electron chi connectivity index (χ4n) is 2.12. The van der Waals surface area contributed by atoms with Gasteiger partial charge in [-0.3, -0.25) is 0 Å².